The molecule has 4 nitrogen and oxygen atoms in total. The summed E-state index contributed by atoms with van der Waals surface area (Å²) in [6.07, 6.45) is 0.584. The number of halogens is 1. The molecule has 0 spiro atoms. The summed E-state index contributed by atoms with van der Waals surface area (Å²) in [5.74, 6) is -0.356. The van der Waals surface area contributed by atoms with Crippen molar-refractivity contribution >= 4 is 17.6 Å². The number of nitrogens with one attached hydrogen (secondary N) is 1. The second-order valence-electron chi connectivity index (χ2n) is 3.54. The Kier molecular flexibility index (Phi) is 5.97. The van der Waals surface area contributed by atoms with Crippen LogP contribution in [0.25, 0.3) is 0 Å². The predicted molar refractivity (Wildman–Crippen MR) is 65.9 cm³/mol. The minimum Gasteiger partial charge on any atom is -0.468 e. The van der Waals surface area contributed by atoms with E-state index in [1.165, 1.54) is 7.11 Å². The second kappa shape index (κ2) is 7.27. The summed E-state index contributed by atoms with van der Waals surface area (Å²) in [5.41, 5.74) is 0.791. The lowest BCUT2D eigenvalue weighted by Crippen LogP contribution is -2.30. The van der Waals surface area contributed by atoms with Crippen LogP contribution in [-0.2, 0) is 9.53 Å². The van der Waals surface area contributed by atoms with E-state index in [9.17, 15) is 4.79 Å². The molecular formula is C12H16ClNO3. The molecule has 2 N–H and O–H groups in total. The largest absolute Gasteiger partial charge is 0.468 e. The van der Waals surface area contributed by atoms with Gasteiger partial charge in [0.25, 0.3) is 0 Å². The van der Waals surface area contributed by atoms with Crippen molar-refractivity contribution in [1.82, 2.24) is 5.32 Å². The lowest BCUT2D eigenvalue weighted by molar-refractivity contribution is -0.143. The molecule has 17 heavy (non-hydrogen) atoms. The third-order valence-corrected chi connectivity index (χ3v) is 2.58. The summed E-state index contributed by atoms with van der Waals surface area (Å²) in [6, 6.07) is 6.47. The number of esters is 1. The molecule has 0 aromatic heterocycles. The Bertz CT molecular complexity index is 353. The van der Waals surface area contributed by atoms with Gasteiger partial charge in [0.1, 0.15) is 6.04 Å². The van der Waals surface area contributed by atoms with Gasteiger partial charge in [0.05, 0.1) is 7.11 Å². The van der Waals surface area contributed by atoms with E-state index >= 15 is 0 Å². The smallest absolute Gasteiger partial charge is 0.327 e. The van der Waals surface area contributed by atoms with Crippen molar-refractivity contribution in [2.75, 3.05) is 20.3 Å². The maximum atomic E-state index is 11.6. The van der Waals surface area contributed by atoms with Crippen LogP contribution >= 0.6 is 11.6 Å². The molecule has 0 saturated carbocycles. The zero-order chi connectivity index (χ0) is 12.7. The highest BCUT2D eigenvalue weighted by Crippen LogP contribution is 2.17. The van der Waals surface area contributed by atoms with Crippen LogP contribution in [0.5, 0.6) is 0 Å². The van der Waals surface area contributed by atoms with Gasteiger partial charge in [-0.15, -0.1) is 0 Å². The molecule has 1 atom stereocenters. The molecule has 0 aliphatic heterocycles. The number of carbonyl (C=O) groups excluding carboxylic acids is 1. The fraction of sp³-hybridized carbons (Fsp3) is 0.417. The van der Waals surface area contributed by atoms with E-state index in [0.29, 0.717) is 18.0 Å². The molecule has 0 radical (unpaired) electrons. The zero-order valence-electron chi connectivity index (χ0n) is 9.65. The average Bonchev–Trinajstić information content (AvgIpc) is 2.35. The van der Waals surface area contributed by atoms with Crippen LogP contribution < -0.4 is 5.32 Å². The van der Waals surface area contributed by atoms with Crippen LogP contribution in [0.4, 0.5) is 0 Å². The lowest BCUT2D eigenvalue weighted by atomic mass is 10.1. The van der Waals surface area contributed by atoms with Gasteiger partial charge < -0.3 is 15.2 Å². The molecule has 5 heteroatoms. The summed E-state index contributed by atoms with van der Waals surface area (Å²) in [6.45, 7) is 0.625. The normalized spacial score (nSPS) is 12.2. The van der Waals surface area contributed by atoms with Crippen molar-refractivity contribution in [3.8, 4) is 0 Å². The Labute approximate surface area is 106 Å². The summed E-state index contributed by atoms with van der Waals surface area (Å²) >= 11 is 5.79. The van der Waals surface area contributed by atoms with E-state index in [2.05, 4.69) is 5.32 Å². The first-order valence-corrected chi connectivity index (χ1v) is 5.74. The number of ether oxygens (including phenoxy) is 1. The predicted octanol–water partition coefficient (Wildman–Crippen LogP) is 1.53. The van der Waals surface area contributed by atoms with E-state index in [-0.39, 0.29) is 12.6 Å². The van der Waals surface area contributed by atoms with Crippen LogP contribution in [0.1, 0.15) is 18.0 Å². The first kappa shape index (κ1) is 14.0. The molecule has 0 aliphatic carbocycles. The van der Waals surface area contributed by atoms with E-state index in [1.807, 2.05) is 0 Å². The second-order valence-corrected chi connectivity index (χ2v) is 3.98. The molecule has 0 amide bonds. The molecule has 0 heterocycles. The van der Waals surface area contributed by atoms with Gasteiger partial charge in [0, 0.05) is 11.6 Å². The fourth-order valence-corrected chi connectivity index (χ4v) is 1.56. The van der Waals surface area contributed by atoms with Crippen molar-refractivity contribution in [1.29, 1.82) is 0 Å². The summed E-state index contributed by atoms with van der Waals surface area (Å²) in [4.78, 5) is 11.6. The van der Waals surface area contributed by atoms with Crippen molar-refractivity contribution in [2.45, 2.75) is 12.5 Å². The molecule has 1 aromatic carbocycles. The zero-order valence-corrected chi connectivity index (χ0v) is 10.4. The van der Waals surface area contributed by atoms with Crippen molar-refractivity contribution in [2.24, 2.45) is 0 Å². The number of methoxy groups -OCH3 is 1. The molecule has 0 bridgehead atoms. The van der Waals surface area contributed by atoms with Crippen molar-refractivity contribution < 1.29 is 14.6 Å². The molecule has 1 unspecified atom stereocenters. The standard InChI is InChI=1S/C12H16ClNO3/c1-17-12(16)11(14-7-2-8-15)9-3-5-10(13)6-4-9/h3-6,11,14-15H,2,7-8H2,1H3. The highest BCUT2D eigenvalue weighted by molar-refractivity contribution is 6.30. The van der Waals surface area contributed by atoms with Crippen molar-refractivity contribution in [3.05, 3.63) is 34.9 Å². The van der Waals surface area contributed by atoms with Gasteiger partial charge in [0.15, 0.2) is 0 Å². The first-order valence-electron chi connectivity index (χ1n) is 5.36. The fourth-order valence-electron chi connectivity index (χ4n) is 1.44. The van der Waals surface area contributed by atoms with Crippen LogP contribution in [0.3, 0.4) is 0 Å². The number of rotatable bonds is 6. The molecule has 1 rings (SSSR count). The average molecular weight is 258 g/mol. The molecule has 1 aromatic rings. The Morgan fingerprint density at radius 1 is 1.47 bits per heavy atom. The highest BCUT2D eigenvalue weighted by Gasteiger charge is 2.20. The molecule has 0 saturated heterocycles. The summed E-state index contributed by atoms with van der Waals surface area (Å²) in [7, 11) is 1.35. The van der Waals surface area contributed by atoms with Gasteiger partial charge >= 0.3 is 5.97 Å². The van der Waals surface area contributed by atoms with Gasteiger partial charge in [-0.2, -0.15) is 0 Å². The SMILES string of the molecule is COC(=O)C(NCCCO)c1ccc(Cl)cc1. The quantitative estimate of drug-likeness (QED) is 0.599. The van der Waals surface area contributed by atoms with E-state index in [0.717, 1.165) is 5.56 Å². The molecule has 0 fully saturated rings. The van der Waals surface area contributed by atoms with Crippen molar-refractivity contribution in [3.63, 3.8) is 0 Å². The van der Waals surface area contributed by atoms with Gasteiger partial charge in [0.2, 0.25) is 0 Å². The summed E-state index contributed by atoms with van der Waals surface area (Å²) < 4.78 is 4.73. The van der Waals surface area contributed by atoms with Gasteiger partial charge in [-0.05, 0) is 30.7 Å². The number of benzene rings is 1. The molecule has 94 valence electrons. The van der Waals surface area contributed by atoms with E-state index in [4.69, 9.17) is 21.4 Å². The van der Waals surface area contributed by atoms with E-state index in [1.54, 1.807) is 24.3 Å². The highest BCUT2D eigenvalue weighted by atomic mass is 35.5. The number of hydrogen-bond donors (Lipinski definition) is 2. The third kappa shape index (κ3) is 4.34. The van der Waals surface area contributed by atoms with Crippen LogP contribution in [0.15, 0.2) is 24.3 Å². The number of aliphatic hydroxyl groups excluding tert-OH is 1. The van der Waals surface area contributed by atoms with E-state index < -0.39 is 6.04 Å². The maximum absolute atomic E-state index is 11.6. The maximum Gasteiger partial charge on any atom is 0.327 e. The van der Waals surface area contributed by atoms with Gasteiger partial charge in [-0.1, -0.05) is 23.7 Å². The van der Waals surface area contributed by atoms with Crippen LogP contribution in [0.2, 0.25) is 5.02 Å². The Balaban J connectivity index is 2.74. The minimum absolute atomic E-state index is 0.0848. The van der Waals surface area contributed by atoms with Crippen LogP contribution in [0, 0.1) is 0 Å². The Morgan fingerprint density at radius 2 is 2.12 bits per heavy atom. The Morgan fingerprint density at radius 3 is 2.65 bits per heavy atom. The lowest BCUT2D eigenvalue weighted by Gasteiger charge is -2.16. The monoisotopic (exact) mass is 257 g/mol. The van der Waals surface area contributed by atoms with Gasteiger partial charge in [-0.25, -0.2) is 4.79 Å². The number of aliphatic hydroxyl groups is 1. The molecule has 0 aliphatic rings. The third-order valence-electron chi connectivity index (χ3n) is 2.32. The topological polar surface area (TPSA) is 58.6 Å². The number of carbonyl (C=O) groups is 1. The van der Waals surface area contributed by atoms with Gasteiger partial charge in [-0.3, -0.25) is 0 Å². The van der Waals surface area contributed by atoms with Crippen LogP contribution in [-0.4, -0.2) is 31.3 Å². The minimum atomic E-state index is -0.524. The summed E-state index contributed by atoms with van der Waals surface area (Å²) in [5, 5.41) is 12.4. The number of hydrogen-bond acceptors (Lipinski definition) is 4. The molecular weight excluding hydrogens is 242 g/mol. The Hall–Kier alpha value is -1.10. The first-order chi connectivity index (χ1) is 8.19.